The zero-order valence-corrected chi connectivity index (χ0v) is 14.6. The minimum atomic E-state index is -0.758. The maximum atomic E-state index is 12.4. The van der Waals surface area contributed by atoms with Crippen molar-refractivity contribution in [3.63, 3.8) is 0 Å². The van der Waals surface area contributed by atoms with Crippen molar-refractivity contribution >= 4 is 17.6 Å². The van der Waals surface area contributed by atoms with Crippen LogP contribution < -0.4 is 5.32 Å². The first-order chi connectivity index (χ1) is 11.8. The van der Waals surface area contributed by atoms with E-state index in [1.54, 1.807) is 32.0 Å². The Balaban J connectivity index is 2.67. The fraction of sp³-hybridized carbons (Fsp3) is 0.529. The Morgan fingerprint density at radius 2 is 1.52 bits per heavy atom. The second-order valence-corrected chi connectivity index (χ2v) is 6.18. The number of rotatable bonds is 4. The van der Waals surface area contributed by atoms with Crippen molar-refractivity contribution in [2.45, 2.75) is 31.8 Å². The van der Waals surface area contributed by atoms with E-state index in [0.29, 0.717) is 5.56 Å². The van der Waals surface area contributed by atoms with Gasteiger partial charge in [-0.2, -0.15) is 0 Å². The first-order valence-corrected chi connectivity index (χ1v) is 7.98. The molecule has 1 aliphatic heterocycles. The van der Waals surface area contributed by atoms with Crippen LogP contribution in [0.5, 0.6) is 0 Å². The summed E-state index contributed by atoms with van der Waals surface area (Å²) < 4.78 is 9.82. The van der Waals surface area contributed by atoms with E-state index >= 15 is 0 Å². The number of ether oxygens (including phenoxy) is 2. The van der Waals surface area contributed by atoms with E-state index in [0.717, 1.165) is 0 Å². The smallest absolute Gasteiger partial charge is 0.310 e. The largest absolute Gasteiger partial charge is 0.469 e. The lowest BCUT2D eigenvalue weighted by molar-refractivity contribution is -0.385. The van der Waals surface area contributed by atoms with Crippen LogP contribution in [0.2, 0.25) is 0 Å². The topological polar surface area (TPSA) is 108 Å². The highest BCUT2D eigenvalue weighted by molar-refractivity contribution is 5.80. The number of esters is 2. The molecule has 0 saturated carbocycles. The van der Waals surface area contributed by atoms with E-state index in [2.05, 4.69) is 5.32 Å². The van der Waals surface area contributed by atoms with E-state index in [9.17, 15) is 19.7 Å². The van der Waals surface area contributed by atoms with Gasteiger partial charge in [0.2, 0.25) is 0 Å². The van der Waals surface area contributed by atoms with Gasteiger partial charge in [-0.15, -0.1) is 0 Å². The molecule has 0 amide bonds. The third-order valence-electron chi connectivity index (χ3n) is 4.82. The summed E-state index contributed by atoms with van der Waals surface area (Å²) >= 11 is 0. The molecule has 2 rings (SSSR count). The van der Waals surface area contributed by atoms with E-state index in [1.165, 1.54) is 20.3 Å². The van der Waals surface area contributed by atoms with Crippen LogP contribution in [0, 0.1) is 22.0 Å². The molecule has 4 unspecified atom stereocenters. The van der Waals surface area contributed by atoms with Crippen LogP contribution in [-0.2, 0) is 19.1 Å². The van der Waals surface area contributed by atoms with Crippen LogP contribution >= 0.6 is 0 Å². The highest BCUT2D eigenvalue weighted by Gasteiger charge is 2.51. The van der Waals surface area contributed by atoms with Crippen molar-refractivity contribution in [3.8, 4) is 0 Å². The average molecular weight is 350 g/mol. The van der Waals surface area contributed by atoms with Gasteiger partial charge in [0.1, 0.15) is 0 Å². The molecule has 1 aromatic rings. The summed E-state index contributed by atoms with van der Waals surface area (Å²) in [6.45, 7) is 3.60. The summed E-state index contributed by atoms with van der Waals surface area (Å²) in [4.78, 5) is 35.8. The van der Waals surface area contributed by atoms with Gasteiger partial charge in [-0.3, -0.25) is 19.7 Å². The van der Waals surface area contributed by atoms with Gasteiger partial charge < -0.3 is 14.8 Å². The number of methoxy groups -OCH3 is 2. The molecule has 1 N–H and O–H groups in total. The molecule has 25 heavy (non-hydrogen) atoms. The average Bonchev–Trinajstić information content (AvgIpc) is 2.59. The van der Waals surface area contributed by atoms with E-state index in [4.69, 9.17) is 9.47 Å². The van der Waals surface area contributed by atoms with Crippen LogP contribution in [0.3, 0.4) is 0 Å². The quantitative estimate of drug-likeness (QED) is 0.499. The molecule has 0 aliphatic carbocycles. The zero-order chi connectivity index (χ0) is 18.7. The van der Waals surface area contributed by atoms with Gasteiger partial charge in [0.05, 0.1) is 31.0 Å². The Morgan fingerprint density at radius 3 is 1.96 bits per heavy atom. The molecular weight excluding hydrogens is 328 g/mol. The molecule has 0 bridgehead atoms. The Hall–Kier alpha value is -2.48. The summed E-state index contributed by atoms with van der Waals surface area (Å²) in [6.07, 6.45) is 0. The van der Waals surface area contributed by atoms with Crippen molar-refractivity contribution in [3.05, 3.63) is 39.9 Å². The summed E-state index contributed by atoms with van der Waals surface area (Å²) in [7, 11) is 2.52. The van der Waals surface area contributed by atoms with Crippen LogP contribution in [-0.4, -0.2) is 43.2 Å². The van der Waals surface area contributed by atoms with Crippen molar-refractivity contribution in [1.82, 2.24) is 5.32 Å². The van der Waals surface area contributed by atoms with Crippen molar-refractivity contribution < 1.29 is 24.0 Å². The van der Waals surface area contributed by atoms with Gasteiger partial charge in [0, 0.05) is 29.6 Å². The van der Waals surface area contributed by atoms with E-state index in [1.807, 2.05) is 0 Å². The maximum absolute atomic E-state index is 12.4. The molecule has 8 heteroatoms. The number of nitro benzene ring substituents is 1. The number of benzene rings is 1. The Bertz CT molecular complexity index is 649. The Kier molecular flexibility index (Phi) is 5.73. The number of carbonyl (C=O) groups excluding carboxylic acids is 2. The van der Waals surface area contributed by atoms with Gasteiger partial charge in [0.15, 0.2) is 0 Å². The highest BCUT2D eigenvalue weighted by Crippen LogP contribution is 2.44. The summed E-state index contributed by atoms with van der Waals surface area (Å²) in [5.74, 6) is -3.29. The van der Waals surface area contributed by atoms with E-state index < -0.39 is 34.6 Å². The maximum Gasteiger partial charge on any atom is 0.310 e. The minimum absolute atomic E-state index is 0.128. The fourth-order valence-corrected chi connectivity index (χ4v) is 3.76. The number of hydrogen-bond donors (Lipinski definition) is 1. The normalized spacial score (nSPS) is 28.9. The highest BCUT2D eigenvalue weighted by atomic mass is 16.6. The van der Waals surface area contributed by atoms with Gasteiger partial charge in [-0.25, -0.2) is 0 Å². The number of nitrogens with zero attached hydrogens (tertiary/aromatic N) is 1. The predicted octanol–water partition coefficient (Wildman–Crippen LogP) is 1.64. The molecule has 136 valence electrons. The molecule has 1 fully saturated rings. The lowest BCUT2D eigenvalue weighted by Gasteiger charge is -2.43. The predicted molar refractivity (Wildman–Crippen MR) is 88.9 cm³/mol. The molecule has 1 aliphatic rings. The molecule has 1 saturated heterocycles. The number of nitrogens with one attached hydrogen (secondary N) is 1. The standard InChI is InChI=1S/C17H22N2O6/c1-9-13(16(20)24-3)15(14(10(2)18-9)17(21)25-4)11-7-5-6-8-12(11)19(22)23/h5-10,13-15,18H,1-4H3. The minimum Gasteiger partial charge on any atom is -0.469 e. The summed E-state index contributed by atoms with van der Waals surface area (Å²) in [6, 6.07) is 5.51. The molecule has 0 aromatic heterocycles. The van der Waals surface area contributed by atoms with Crippen LogP contribution in [0.25, 0.3) is 0 Å². The molecule has 1 aromatic carbocycles. The number of nitro groups is 1. The number of carbonyl (C=O) groups is 2. The number of para-hydroxylation sites is 1. The van der Waals surface area contributed by atoms with Crippen LogP contribution in [0.4, 0.5) is 5.69 Å². The molecule has 0 spiro atoms. The monoisotopic (exact) mass is 350 g/mol. The molecule has 8 nitrogen and oxygen atoms in total. The van der Waals surface area contributed by atoms with Crippen LogP contribution in [0.1, 0.15) is 25.3 Å². The fourth-order valence-electron chi connectivity index (χ4n) is 3.76. The van der Waals surface area contributed by atoms with Gasteiger partial charge in [0.25, 0.3) is 5.69 Å². The second kappa shape index (κ2) is 7.60. The molecule has 0 radical (unpaired) electrons. The Morgan fingerprint density at radius 1 is 1.04 bits per heavy atom. The van der Waals surface area contributed by atoms with Crippen molar-refractivity contribution in [1.29, 1.82) is 0 Å². The zero-order valence-electron chi connectivity index (χ0n) is 14.6. The summed E-state index contributed by atoms with van der Waals surface area (Å²) in [5.41, 5.74) is 0.204. The number of piperidine rings is 1. The third kappa shape index (κ3) is 3.48. The van der Waals surface area contributed by atoms with E-state index in [-0.39, 0.29) is 17.8 Å². The Labute approximate surface area is 145 Å². The van der Waals surface area contributed by atoms with Gasteiger partial charge >= 0.3 is 11.9 Å². The summed E-state index contributed by atoms with van der Waals surface area (Å²) in [5, 5.41) is 14.7. The van der Waals surface area contributed by atoms with Gasteiger partial charge in [-0.1, -0.05) is 18.2 Å². The van der Waals surface area contributed by atoms with Gasteiger partial charge in [-0.05, 0) is 13.8 Å². The molecule has 4 atom stereocenters. The lowest BCUT2D eigenvalue weighted by atomic mass is 9.68. The molecule has 1 heterocycles. The number of hydrogen-bond acceptors (Lipinski definition) is 7. The van der Waals surface area contributed by atoms with Crippen LogP contribution in [0.15, 0.2) is 24.3 Å². The first-order valence-electron chi connectivity index (χ1n) is 7.98. The first kappa shape index (κ1) is 18.9. The third-order valence-corrected chi connectivity index (χ3v) is 4.82. The van der Waals surface area contributed by atoms with Crippen molar-refractivity contribution in [2.24, 2.45) is 11.8 Å². The molecular formula is C17H22N2O6. The SMILES string of the molecule is COC(=O)C1C(C)NC(C)C(C(=O)OC)C1c1ccccc1[N+](=O)[O-]. The second-order valence-electron chi connectivity index (χ2n) is 6.18. The lowest BCUT2D eigenvalue weighted by Crippen LogP contribution is -2.58. The van der Waals surface area contributed by atoms with Crippen molar-refractivity contribution in [2.75, 3.05) is 14.2 Å².